The average molecular weight is 262 g/mol. The number of methoxy groups -OCH3 is 1. The second-order valence-electron chi connectivity index (χ2n) is 4.14. The van der Waals surface area contributed by atoms with Crippen molar-refractivity contribution in [2.75, 3.05) is 7.11 Å². The molecule has 0 aliphatic rings. The molecule has 1 heterocycles. The molecule has 1 aromatic heterocycles. The highest BCUT2D eigenvalue weighted by molar-refractivity contribution is 5.88. The number of aliphatic hydroxyl groups excluding tert-OH is 1. The number of ether oxygens (including phenoxy) is 1. The topological polar surface area (TPSA) is 79.9 Å². The SMILES string of the molecule is COc1ccc(C(O)c2occc2C(=O)O)cc1C. The van der Waals surface area contributed by atoms with Gasteiger partial charge >= 0.3 is 5.97 Å². The molecule has 19 heavy (non-hydrogen) atoms. The largest absolute Gasteiger partial charge is 0.496 e. The third-order valence-electron chi connectivity index (χ3n) is 2.91. The number of carboxylic acids is 1. The summed E-state index contributed by atoms with van der Waals surface area (Å²) >= 11 is 0. The van der Waals surface area contributed by atoms with Crippen molar-refractivity contribution in [2.45, 2.75) is 13.0 Å². The molecule has 1 unspecified atom stereocenters. The summed E-state index contributed by atoms with van der Waals surface area (Å²) in [5.41, 5.74) is 1.36. The first-order valence-corrected chi connectivity index (χ1v) is 5.68. The maximum atomic E-state index is 11.0. The number of carboxylic acid groups (broad SMARTS) is 1. The molecule has 2 aromatic rings. The first-order valence-electron chi connectivity index (χ1n) is 5.68. The maximum Gasteiger partial charge on any atom is 0.339 e. The quantitative estimate of drug-likeness (QED) is 0.884. The Morgan fingerprint density at radius 3 is 2.68 bits per heavy atom. The maximum absolute atomic E-state index is 11.0. The molecule has 0 bridgehead atoms. The highest BCUT2D eigenvalue weighted by Crippen LogP contribution is 2.29. The van der Waals surface area contributed by atoms with Crippen LogP contribution in [0.15, 0.2) is 34.9 Å². The van der Waals surface area contributed by atoms with Gasteiger partial charge in [0.1, 0.15) is 17.4 Å². The molecule has 0 aliphatic carbocycles. The van der Waals surface area contributed by atoms with Gasteiger partial charge in [-0.1, -0.05) is 6.07 Å². The van der Waals surface area contributed by atoms with Crippen molar-refractivity contribution < 1.29 is 24.2 Å². The fourth-order valence-electron chi connectivity index (χ4n) is 1.93. The van der Waals surface area contributed by atoms with E-state index in [-0.39, 0.29) is 11.3 Å². The Balaban J connectivity index is 2.38. The Hall–Kier alpha value is -2.27. The lowest BCUT2D eigenvalue weighted by Gasteiger charge is -2.12. The minimum Gasteiger partial charge on any atom is -0.496 e. The van der Waals surface area contributed by atoms with E-state index in [4.69, 9.17) is 14.3 Å². The predicted molar refractivity (Wildman–Crippen MR) is 67.5 cm³/mol. The Morgan fingerprint density at radius 2 is 2.11 bits per heavy atom. The molecule has 0 fully saturated rings. The Kier molecular flexibility index (Phi) is 3.57. The molecule has 5 heteroatoms. The van der Waals surface area contributed by atoms with Crippen molar-refractivity contribution in [2.24, 2.45) is 0 Å². The van der Waals surface area contributed by atoms with Crippen LogP contribution in [0, 0.1) is 6.92 Å². The van der Waals surface area contributed by atoms with E-state index in [1.54, 1.807) is 25.3 Å². The molecular formula is C14H14O5. The molecule has 1 aromatic carbocycles. The molecule has 0 saturated carbocycles. The fraction of sp³-hybridized carbons (Fsp3) is 0.214. The second-order valence-corrected chi connectivity index (χ2v) is 4.14. The summed E-state index contributed by atoms with van der Waals surface area (Å²) in [4.78, 5) is 11.0. The summed E-state index contributed by atoms with van der Waals surface area (Å²) in [5, 5.41) is 19.2. The highest BCUT2D eigenvalue weighted by Gasteiger charge is 2.22. The van der Waals surface area contributed by atoms with Gasteiger partial charge in [-0.3, -0.25) is 0 Å². The zero-order chi connectivity index (χ0) is 14.0. The minimum absolute atomic E-state index is 0.0251. The summed E-state index contributed by atoms with van der Waals surface area (Å²) in [7, 11) is 1.56. The third kappa shape index (κ3) is 2.46. The number of hydrogen-bond acceptors (Lipinski definition) is 4. The second kappa shape index (κ2) is 5.16. The van der Waals surface area contributed by atoms with Crippen molar-refractivity contribution in [3.05, 3.63) is 53.0 Å². The molecule has 0 radical (unpaired) electrons. The summed E-state index contributed by atoms with van der Waals surface area (Å²) in [6.45, 7) is 1.84. The van der Waals surface area contributed by atoms with Crippen molar-refractivity contribution in [1.82, 2.24) is 0 Å². The zero-order valence-corrected chi connectivity index (χ0v) is 10.6. The van der Waals surface area contributed by atoms with Crippen molar-refractivity contribution in [3.63, 3.8) is 0 Å². The molecule has 0 aliphatic heterocycles. The molecule has 0 saturated heterocycles. The lowest BCUT2D eigenvalue weighted by atomic mass is 10.0. The van der Waals surface area contributed by atoms with Gasteiger partial charge in [-0.15, -0.1) is 0 Å². The summed E-state index contributed by atoms with van der Waals surface area (Å²) in [6.07, 6.45) is 0.129. The van der Waals surface area contributed by atoms with Gasteiger partial charge < -0.3 is 19.4 Å². The minimum atomic E-state index is -1.13. The van der Waals surface area contributed by atoms with Crippen LogP contribution in [0.4, 0.5) is 0 Å². The van der Waals surface area contributed by atoms with Gasteiger partial charge in [0.15, 0.2) is 5.76 Å². The van der Waals surface area contributed by atoms with Crippen LogP contribution in [0.25, 0.3) is 0 Å². The first-order chi connectivity index (χ1) is 9.04. The number of benzene rings is 1. The number of carbonyl (C=O) groups is 1. The number of rotatable bonds is 4. The molecule has 2 N–H and O–H groups in total. The van der Waals surface area contributed by atoms with Gasteiger partial charge in [0.25, 0.3) is 0 Å². The lowest BCUT2D eigenvalue weighted by molar-refractivity contribution is 0.0687. The van der Waals surface area contributed by atoms with E-state index in [1.165, 1.54) is 12.3 Å². The number of hydrogen-bond donors (Lipinski definition) is 2. The van der Waals surface area contributed by atoms with Gasteiger partial charge in [-0.05, 0) is 36.2 Å². The van der Waals surface area contributed by atoms with Crippen molar-refractivity contribution >= 4 is 5.97 Å². The lowest BCUT2D eigenvalue weighted by Crippen LogP contribution is -2.06. The zero-order valence-electron chi connectivity index (χ0n) is 10.6. The Morgan fingerprint density at radius 1 is 1.37 bits per heavy atom. The van der Waals surface area contributed by atoms with Crippen LogP contribution in [0.1, 0.15) is 33.3 Å². The standard InChI is InChI=1S/C14H14O5/c1-8-7-9(3-4-11(8)18-2)12(15)13-10(14(16)17)5-6-19-13/h3-7,12,15H,1-2H3,(H,16,17). The van der Waals surface area contributed by atoms with Crippen LogP contribution in [-0.2, 0) is 0 Å². The monoisotopic (exact) mass is 262 g/mol. The van der Waals surface area contributed by atoms with Crippen LogP contribution in [-0.4, -0.2) is 23.3 Å². The van der Waals surface area contributed by atoms with Crippen molar-refractivity contribution in [1.29, 1.82) is 0 Å². The summed E-state index contributed by atoms with van der Waals surface area (Å²) < 4.78 is 10.2. The number of furan rings is 1. The van der Waals surface area contributed by atoms with E-state index in [0.717, 1.165) is 5.56 Å². The van der Waals surface area contributed by atoms with E-state index in [1.807, 2.05) is 6.92 Å². The normalized spacial score (nSPS) is 12.2. The van der Waals surface area contributed by atoms with Gasteiger partial charge in [0, 0.05) is 0 Å². The van der Waals surface area contributed by atoms with Gasteiger partial charge in [-0.2, -0.15) is 0 Å². The number of aromatic carboxylic acids is 1. The smallest absolute Gasteiger partial charge is 0.339 e. The first kappa shape index (κ1) is 13.2. The van der Waals surface area contributed by atoms with Gasteiger partial charge in [0.05, 0.1) is 13.4 Å². The van der Waals surface area contributed by atoms with Gasteiger partial charge in [-0.25, -0.2) is 4.79 Å². The number of aliphatic hydroxyl groups is 1. The Bertz CT molecular complexity index is 600. The van der Waals surface area contributed by atoms with E-state index in [2.05, 4.69) is 0 Å². The van der Waals surface area contributed by atoms with Crippen LogP contribution in [0.2, 0.25) is 0 Å². The van der Waals surface area contributed by atoms with Crippen molar-refractivity contribution in [3.8, 4) is 5.75 Å². The molecule has 1 atom stereocenters. The summed E-state index contributed by atoms with van der Waals surface area (Å²) in [5.74, 6) is -0.404. The molecule has 2 rings (SSSR count). The van der Waals surface area contributed by atoms with E-state index >= 15 is 0 Å². The number of aryl methyl sites for hydroxylation is 1. The van der Waals surface area contributed by atoms with Gasteiger partial charge in [0.2, 0.25) is 0 Å². The molecule has 5 nitrogen and oxygen atoms in total. The van der Waals surface area contributed by atoms with Crippen LogP contribution in [0.5, 0.6) is 5.75 Å². The average Bonchev–Trinajstić information content (AvgIpc) is 2.87. The molecular weight excluding hydrogens is 248 g/mol. The van der Waals surface area contributed by atoms with Crippen LogP contribution >= 0.6 is 0 Å². The molecule has 0 spiro atoms. The molecule has 0 amide bonds. The summed E-state index contributed by atoms with van der Waals surface area (Å²) in [6, 6.07) is 6.44. The van der Waals surface area contributed by atoms with E-state index in [9.17, 15) is 9.90 Å². The molecule has 100 valence electrons. The van der Waals surface area contributed by atoms with E-state index < -0.39 is 12.1 Å². The highest BCUT2D eigenvalue weighted by atomic mass is 16.5. The van der Waals surface area contributed by atoms with Crippen LogP contribution in [0.3, 0.4) is 0 Å². The van der Waals surface area contributed by atoms with E-state index in [0.29, 0.717) is 11.3 Å². The predicted octanol–water partition coefficient (Wildman–Crippen LogP) is 2.38. The third-order valence-corrected chi connectivity index (χ3v) is 2.91. The Labute approximate surface area is 110 Å². The van der Waals surface area contributed by atoms with Crippen LogP contribution < -0.4 is 4.74 Å². The fourth-order valence-corrected chi connectivity index (χ4v) is 1.93.